The van der Waals surface area contributed by atoms with E-state index in [1.807, 2.05) is 0 Å². The first-order valence-electron chi connectivity index (χ1n) is 7.76. The number of ether oxygens (including phenoxy) is 1. The van der Waals surface area contributed by atoms with Crippen molar-refractivity contribution >= 4 is 9.84 Å². The van der Waals surface area contributed by atoms with Crippen LogP contribution in [0.1, 0.15) is 12.1 Å². The van der Waals surface area contributed by atoms with Crippen molar-refractivity contribution in [3.8, 4) is 5.75 Å². The van der Waals surface area contributed by atoms with Gasteiger partial charge in [-0.1, -0.05) is 0 Å². The maximum absolute atomic E-state index is 13.0. The lowest BCUT2D eigenvalue weighted by molar-refractivity contribution is 0.310. The van der Waals surface area contributed by atoms with Gasteiger partial charge in [0.05, 0.1) is 22.7 Å². The Bertz CT molecular complexity index is 906. The minimum Gasteiger partial charge on any atom is -0.494 e. The maximum atomic E-state index is 13.0. The third-order valence-electron chi connectivity index (χ3n) is 3.67. The first-order chi connectivity index (χ1) is 12.1. The van der Waals surface area contributed by atoms with Crippen LogP contribution in [-0.4, -0.2) is 25.0 Å². The van der Waals surface area contributed by atoms with Crippen LogP contribution in [0, 0.1) is 5.82 Å². The van der Waals surface area contributed by atoms with E-state index in [1.165, 1.54) is 24.3 Å². The molecule has 0 bridgehead atoms. The van der Waals surface area contributed by atoms with Crippen molar-refractivity contribution in [2.45, 2.75) is 22.6 Å². The molecule has 0 aliphatic heterocycles. The summed E-state index contributed by atoms with van der Waals surface area (Å²) in [5.74, 6) is 0.125. The fourth-order valence-corrected chi connectivity index (χ4v) is 3.60. The molecule has 0 saturated carbocycles. The molecule has 130 valence electrons. The van der Waals surface area contributed by atoms with Crippen LogP contribution in [0.3, 0.4) is 0 Å². The zero-order valence-corrected chi connectivity index (χ0v) is 14.2. The molecule has 0 saturated heterocycles. The zero-order valence-electron chi connectivity index (χ0n) is 13.4. The molecule has 0 aliphatic carbocycles. The lowest BCUT2D eigenvalue weighted by Crippen LogP contribution is -2.03. The smallest absolute Gasteiger partial charge is 0.206 e. The van der Waals surface area contributed by atoms with Gasteiger partial charge in [-0.15, -0.1) is 0 Å². The number of hydrogen-bond donors (Lipinski definition) is 1. The van der Waals surface area contributed by atoms with Gasteiger partial charge in [0.2, 0.25) is 9.84 Å². The summed E-state index contributed by atoms with van der Waals surface area (Å²) < 4.78 is 43.5. The fourth-order valence-electron chi connectivity index (χ4n) is 2.34. The molecule has 3 aromatic rings. The van der Waals surface area contributed by atoms with E-state index in [9.17, 15) is 12.8 Å². The number of benzene rings is 2. The number of halogens is 1. The van der Waals surface area contributed by atoms with Crippen molar-refractivity contribution in [1.82, 2.24) is 9.97 Å². The van der Waals surface area contributed by atoms with Gasteiger partial charge in [-0.2, -0.15) is 0 Å². The van der Waals surface area contributed by atoms with Gasteiger partial charge in [-0.05, 0) is 61.4 Å². The molecule has 0 amide bonds. The number of rotatable bonds is 7. The number of H-pyrrole nitrogens is 1. The number of aromatic amines is 1. The van der Waals surface area contributed by atoms with Crippen molar-refractivity contribution in [3.63, 3.8) is 0 Å². The van der Waals surface area contributed by atoms with Crippen LogP contribution in [0.25, 0.3) is 0 Å². The van der Waals surface area contributed by atoms with Crippen molar-refractivity contribution in [2.24, 2.45) is 0 Å². The number of sulfone groups is 1. The standard InChI is InChI=1S/C18H17FN2O3S/c19-14-3-7-17(8-4-14)25(22,23)18-9-5-16(6-10-18)24-11-1-2-15-12-20-13-21-15/h3-10,12-13H,1-2,11H2,(H,20,21). The van der Waals surface area contributed by atoms with Gasteiger partial charge >= 0.3 is 0 Å². The molecule has 1 aromatic heterocycles. The Labute approximate surface area is 145 Å². The molecular formula is C18H17FN2O3S. The molecule has 0 radical (unpaired) electrons. The van der Waals surface area contributed by atoms with Crippen LogP contribution in [0.15, 0.2) is 70.8 Å². The Morgan fingerprint density at radius 1 is 1.00 bits per heavy atom. The van der Waals surface area contributed by atoms with Gasteiger partial charge in [0.25, 0.3) is 0 Å². The van der Waals surface area contributed by atoms with Gasteiger partial charge in [-0.25, -0.2) is 17.8 Å². The second-order valence-electron chi connectivity index (χ2n) is 5.46. The van der Waals surface area contributed by atoms with Crippen LogP contribution in [0.2, 0.25) is 0 Å². The summed E-state index contributed by atoms with van der Waals surface area (Å²) in [4.78, 5) is 7.17. The van der Waals surface area contributed by atoms with Crippen molar-refractivity contribution < 1.29 is 17.5 Å². The van der Waals surface area contributed by atoms with Crippen LogP contribution in [-0.2, 0) is 16.3 Å². The van der Waals surface area contributed by atoms with Gasteiger partial charge in [0, 0.05) is 11.9 Å². The number of hydrogen-bond acceptors (Lipinski definition) is 4. The summed E-state index contributed by atoms with van der Waals surface area (Å²) in [6, 6.07) is 11.0. The molecule has 1 N–H and O–H groups in total. The van der Waals surface area contributed by atoms with E-state index < -0.39 is 15.7 Å². The molecule has 7 heteroatoms. The molecule has 5 nitrogen and oxygen atoms in total. The highest BCUT2D eigenvalue weighted by atomic mass is 32.2. The van der Waals surface area contributed by atoms with E-state index in [4.69, 9.17) is 4.74 Å². The van der Waals surface area contributed by atoms with Gasteiger partial charge < -0.3 is 9.72 Å². The second kappa shape index (κ2) is 7.48. The number of aryl methyl sites for hydroxylation is 1. The van der Waals surface area contributed by atoms with E-state index in [0.717, 1.165) is 30.7 Å². The third kappa shape index (κ3) is 4.24. The summed E-state index contributed by atoms with van der Waals surface area (Å²) in [5, 5.41) is 0. The average Bonchev–Trinajstić information content (AvgIpc) is 3.13. The first kappa shape index (κ1) is 17.2. The molecular weight excluding hydrogens is 343 g/mol. The number of imidazole rings is 1. The third-order valence-corrected chi connectivity index (χ3v) is 5.46. The Morgan fingerprint density at radius 3 is 2.24 bits per heavy atom. The highest BCUT2D eigenvalue weighted by Crippen LogP contribution is 2.23. The SMILES string of the molecule is O=S(=O)(c1ccc(F)cc1)c1ccc(OCCCc2cnc[nH]2)cc1. The Balaban J connectivity index is 1.60. The monoisotopic (exact) mass is 360 g/mol. The maximum Gasteiger partial charge on any atom is 0.206 e. The largest absolute Gasteiger partial charge is 0.494 e. The lowest BCUT2D eigenvalue weighted by atomic mass is 10.2. The Hall–Kier alpha value is -2.67. The van der Waals surface area contributed by atoms with Gasteiger partial charge in [0.1, 0.15) is 11.6 Å². The minimum atomic E-state index is -3.66. The summed E-state index contributed by atoms with van der Waals surface area (Å²) in [6.45, 7) is 0.517. The minimum absolute atomic E-state index is 0.0575. The molecule has 0 aliphatic rings. The van der Waals surface area contributed by atoms with E-state index in [1.54, 1.807) is 24.7 Å². The summed E-state index contributed by atoms with van der Waals surface area (Å²) in [5.41, 5.74) is 1.05. The van der Waals surface area contributed by atoms with E-state index in [2.05, 4.69) is 9.97 Å². The number of nitrogens with zero attached hydrogens (tertiary/aromatic N) is 1. The Kier molecular flexibility index (Phi) is 5.14. The lowest BCUT2D eigenvalue weighted by Gasteiger charge is -2.08. The molecule has 25 heavy (non-hydrogen) atoms. The van der Waals surface area contributed by atoms with Crippen LogP contribution >= 0.6 is 0 Å². The fraction of sp³-hybridized carbons (Fsp3) is 0.167. The topological polar surface area (TPSA) is 72.1 Å². The molecule has 0 unspecified atom stereocenters. The van der Waals surface area contributed by atoms with Gasteiger partial charge in [0.15, 0.2) is 0 Å². The van der Waals surface area contributed by atoms with E-state index in [-0.39, 0.29) is 9.79 Å². The first-order valence-corrected chi connectivity index (χ1v) is 9.25. The van der Waals surface area contributed by atoms with Gasteiger partial charge in [-0.3, -0.25) is 0 Å². The van der Waals surface area contributed by atoms with E-state index in [0.29, 0.717) is 12.4 Å². The van der Waals surface area contributed by atoms with Crippen LogP contribution in [0.4, 0.5) is 4.39 Å². The quantitative estimate of drug-likeness (QED) is 0.518. The highest BCUT2D eigenvalue weighted by Gasteiger charge is 2.17. The molecule has 1 heterocycles. The number of aromatic nitrogens is 2. The van der Waals surface area contributed by atoms with Crippen molar-refractivity contribution in [3.05, 3.63) is 72.6 Å². The molecule has 0 atom stereocenters. The summed E-state index contributed by atoms with van der Waals surface area (Å²) in [6.07, 6.45) is 5.06. The van der Waals surface area contributed by atoms with Crippen molar-refractivity contribution in [1.29, 1.82) is 0 Å². The second-order valence-corrected chi connectivity index (χ2v) is 7.41. The Morgan fingerprint density at radius 2 is 1.64 bits per heavy atom. The summed E-state index contributed by atoms with van der Waals surface area (Å²) >= 11 is 0. The molecule has 0 spiro atoms. The van der Waals surface area contributed by atoms with E-state index >= 15 is 0 Å². The predicted octanol–water partition coefficient (Wildman–Crippen LogP) is 3.39. The zero-order chi connectivity index (χ0) is 17.7. The molecule has 0 fully saturated rings. The summed E-state index contributed by atoms with van der Waals surface area (Å²) in [7, 11) is -3.66. The molecule has 2 aromatic carbocycles. The number of nitrogens with one attached hydrogen (secondary N) is 1. The van der Waals surface area contributed by atoms with Crippen molar-refractivity contribution in [2.75, 3.05) is 6.61 Å². The average molecular weight is 360 g/mol. The molecule has 3 rings (SSSR count). The van der Waals surface area contributed by atoms with Crippen LogP contribution in [0.5, 0.6) is 5.75 Å². The normalized spacial score (nSPS) is 11.4. The predicted molar refractivity (Wildman–Crippen MR) is 90.7 cm³/mol. The van der Waals surface area contributed by atoms with Crippen LogP contribution < -0.4 is 4.74 Å². The highest BCUT2D eigenvalue weighted by molar-refractivity contribution is 7.91.